The minimum atomic E-state index is -0.0779. The molecule has 0 aromatic heterocycles. The summed E-state index contributed by atoms with van der Waals surface area (Å²) in [6.07, 6.45) is 0. The van der Waals surface area contributed by atoms with E-state index in [-0.39, 0.29) is 18.4 Å². The highest BCUT2D eigenvalue weighted by molar-refractivity contribution is 5.78. The number of piperazine rings is 1. The maximum absolute atomic E-state index is 12.2. The molecule has 1 aromatic carbocycles. The van der Waals surface area contributed by atoms with Gasteiger partial charge in [-0.2, -0.15) is 0 Å². The molecule has 0 atom stereocenters. The zero-order valence-electron chi connectivity index (χ0n) is 13.3. The summed E-state index contributed by atoms with van der Waals surface area (Å²) in [5.74, 6) is 1.15. The van der Waals surface area contributed by atoms with Gasteiger partial charge in [0.1, 0.15) is 0 Å². The summed E-state index contributed by atoms with van der Waals surface area (Å²) in [6.45, 7) is 5.74. The van der Waals surface area contributed by atoms with Crippen LogP contribution in [0.5, 0.6) is 11.5 Å². The van der Waals surface area contributed by atoms with Gasteiger partial charge in [-0.25, -0.2) is 0 Å². The van der Waals surface area contributed by atoms with Crippen molar-refractivity contribution in [3.63, 3.8) is 0 Å². The molecule has 6 heteroatoms. The Kier molecular flexibility index (Phi) is 5.25. The zero-order chi connectivity index (χ0) is 16.1. The first-order chi connectivity index (χ1) is 10.5. The Morgan fingerprint density at radius 1 is 1.09 bits per heavy atom. The Morgan fingerprint density at radius 2 is 1.73 bits per heavy atom. The number of hydrogen-bond acceptors (Lipinski definition) is 4. The normalized spacial score (nSPS) is 14.7. The summed E-state index contributed by atoms with van der Waals surface area (Å²) in [7, 11) is 1.57. The molecule has 0 radical (unpaired) electrons. The van der Waals surface area contributed by atoms with Crippen LogP contribution in [0.4, 0.5) is 0 Å². The van der Waals surface area contributed by atoms with E-state index < -0.39 is 0 Å². The fraction of sp³-hybridized carbons (Fsp3) is 0.500. The SMILES string of the molecule is COc1cc(C)ccc1OCC(=O)N1CCN(C(C)=O)CC1. The van der Waals surface area contributed by atoms with E-state index in [1.165, 1.54) is 0 Å². The molecule has 0 aliphatic carbocycles. The fourth-order valence-corrected chi connectivity index (χ4v) is 2.40. The summed E-state index contributed by atoms with van der Waals surface area (Å²) in [6, 6.07) is 5.58. The van der Waals surface area contributed by atoms with E-state index in [9.17, 15) is 9.59 Å². The van der Waals surface area contributed by atoms with Gasteiger partial charge in [-0.1, -0.05) is 6.07 Å². The van der Waals surface area contributed by atoms with Gasteiger partial charge in [-0.05, 0) is 24.6 Å². The molecule has 1 aliphatic rings. The predicted octanol–water partition coefficient (Wildman–Crippen LogP) is 1.07. The largest absolute Gasteiger partial charge is 0.493 e. The van der Waals surface area contributed by atoms with Crippen LogP contribution in [0.15, 0.2) is 18.2 Å². The molecule has 22 heavy (non-hydrogen) atoms. The van der Waals surface area contributed by atoms with E-state index in [2.05, 4.69) is 0 Å². The second-order valence-electron chi connectivity index (χ2n) is 5.33. The maximum Gasteiger partial charge on any atom is 0.260 e. The molecule has 1 aliphatic heterocycles. The second kappa shape index (κ2) is 7.15. The minimum Gasteiger partial charge on any atom is -0.493 e. The van der Waals surface area contributed by atoms with Crippen LogP contribution in [0.25, 0.3) is 0 Å². The molecule has 2 amide bonds. The third kappa shape index (κ3) is 3.90. The van der Waals surface area contributed by atoms with Gasteiger partial charge in [-0.3, -0.25) is 9.59 Å². The number of hydrogen-bond donors (Lipinski definition) is 0. The maximum atomic E-state index is 12.2. The Balaban J connectivity index is 1.87. The summed E-state index contributed by atoms with van der Waals surface area (Å²) in [4.78, 5) is 26.9. The van der Waals surface area contributed by atoms with Crippen LogP contribution in [-0.4, -0.2) is 61.5 Å². The van der Waals surface area contributed by atoms with Gasteiger partial charge in [-0.15, -0.1) is 0 Å². The zero-order valence-corrected chi connectivity index (χ0v) is 13.3. The number of amides is 2. The second-order valence-corrected chi connectivity index (χ2v) is 5.33. The van der Waals surface area contributed by atoms with Gasteiger partial charge in [0.25, 0.3) is 5.91 Å². The number of nitrogens with zero attached hydrogens (tertiary/aromatic N) is 2. The van der Waals surface area contributed by atoms with Crippen molar-refractivity contribution in [3.05, 3.63) is 23.8 Å². The average Bonchev–Trinajstić information content (AvgIpc) is 2.53. The molecule has 0 spiro atoms. The van der Waals surface area contributed by atoms with Crippen LogP contribution in [-0.2, 0) is 9.59 Å². The lowest BCUT2D eigenvalue weighted by molar-refractivity contribution is -0.139. The van der Waals surface area contributed by atoms with E-state index in [1.54, 1.807) is 29.9 Å². The molecule has 2 rings (SSSR count). The van der Waals surface area contributed by atoms with E-state index >= 15 is 0 Å². The van der Waals surface area contributed by atoms with Crippen molar-refractivity contribution in [2.45, 2.75) is 13.8 Å². The van der Waals surface area contributed by atoms with Crippen molar-refractivity contribution >= 4 is 11.8 Å². The van der Waals surface area contributed by atoms with Crippen LogP contribution >= 0.6 is 0 Å². The highest BCUT2D eigenvalue weighted by atomic mass is 16.5. The van der Waals surface area contributed by atoms with E-state index in [1.807, 2.05) is 19.1 Å². The molecule has 0 N–H and O–H groups in total. The van der Waals surface area contributed by atoms with Gasteiger partial charge in [0.2, 0.25) is 5.91 Å². The molecule has 0 saturated carbocycles. The van der Waals surface area contributed by atoms with E-state index in [0.29, 0.717) is 37.7 Å². The van der Waals surface area contributed by atoms with E-state index in [0.717, 1.165) is 5.56 Å². The number of carbonyl (C=O) groups is 2. The van der Waals surface area contributed by atoms with Gasteiger partial charge in [0.05, 0.1) is 7.11 Å². The quantitative estimate of drug-likeness (QED) is 0.835. The third-order valence-corrected chi connectivity index (χ3v) is 3.75. The van der Waals surface area contributed by atoms with Gasteiger partial charge in [0.15, 0.2) is 18.1 Å². The molecule has 0 bridgehead atoms. The average molecular weight is 306 g/mol. The van der Waals surface area contributed by atoms with Crippen LogP contribution in [0, 0.1) is 6.92 Å². The van der Waals surface area contributed by atoms with Crippen LogP contribution in [0.3, 0.4) is 0 Å². The number of methoxy groups -OCH3 is 1. The van der Waals surface area contributed by atoms with E-state index in [4.69, 9.17) is 9.47 Å². The number of benzene rings is 1. The number of aryl methyl sites for hydroxylation is 1. The van der Waals surface area contributed by atoms with Gasteiger partial charge < -0.3 is 19.3 Å². The Hall–Kier alpha value is -2.24. The van der Waals surface area contributed by atoms with Gasteiger partial charge >= 0.3 is 0 Å². The van der Waals surface area contributed by atoms with Crippen molar-refractivity contribution in [2.75, 3.05) is 39.9 Å². The molecule has 1 heterocycles. The van der Waals surface area contributed by atoms with Crippen LogP contribution < -0.4 is 9.47 Å². The first kappa shape index (κ1) is 16.1. The smallest absolute Gasteiger partial charge is 0.260 e. The monoisotopic (exact) mass is 306 g/mol. The van der Waals surface area contributed by atoms with Crippen LogP contribution in [0.1, 0.15) is 12.5 Å². The predicted molar refractivity (Wildman–Crippen MR) is 82.1 cm³/mol. The first-order valence-corrected chi connectivity index (χ1v) is 7.32. The van der Waals surface area contributed by atoms with Crippen molar-refractivity contribution in [1.29, 1.82) is 0 Å². The van der Waals surface area contributed by atoms with Crippen LogP contribution in [0.2, 0.25) is 0 Å². The number of rotatable bonds is 4. The van der Waals surface area contributed by atoms with Crippen molar-refractivity contribution < 1.29 is 19.1 Å². The summed E-state index contributed by atoms with van der Waals surface area (Å²) >= 11 is 0. The molecule has 6 nitrogen and oxygen atoms in total. The Morgan fingerprint density at radius 3 is 2.32 bits per heavy atom. The lowest BCUT2D eigenvalue weighted by Gasteiger charge is -2.34. The summed E-state index contributed by atoms with van der Waals surface area (Å²) in [5.41, 5.74) is 1.07. The molecule has 0 unspecified atom stereocenters. The van der Waals surface area contributed by atoms with Crippen molar-refractivity contribution in [1.82, 2.24) is 9.80 Å². The lowest BCUT2D eigenvalue weighted by Crippen LogP contribution is -2.51. The summed E-state index contributed by atoms with van der Waals surface area (Å²) in [5, 5.41) is 0. The highest BCUT2D eigenvalue weighted by Gasteiger charge is 2.22. The molecular weight excluding hydrogens is 284 g/mol. The number of ether oxygens (including phenoxy) is 2. The van der Waals surface area contributed by atoms with Crippen molar-refractivity contribution in [2.24, 2.45) is 0 Å². The fourth-order valence-electron chi connectivity index (χ4n) is 2.40. The molecule has 1 fully saturated rings. The molecular formula is C16H22N2O4. The Labute approximate surface area is 130 Å². The lowest BCUT2D eigenvalue weighted by atomic mass is 10.2. The Bertz CT molecular complexity index is 551. The molecule has 120 valence electrons. The highest BCUT2D eigenvalue weighted by Crippen LogP contribution is 2.27. The third-order valence-electron chi connectivity index (χ3n) is 3.75. The standard InChI is InChI=1S/C16H22N2O4/c1-12-4-5-14(15(10-12)21-3)22-11-16(20)18-8-6-17(7-9-18)13(2)19/h4-5,10H,6-9,11H2,1-3H3. The van der Waals surface area contributed by atoms with Crippen molar-refractivity contribution in [3.8, 4) is 11.5 Å². The molecule has 1 saturated heterocycles. The topological polar surface area (TPSA) is 59.1 Å². The van der Waals surface area contributed by atoms with Gasteiger partial charge in [0, 0.05) is 33.1 Å². The summed E-state index contributed by atoms with van der Waals surface area (Å²) < 4.78 is 10.8. The number of carbonyl (C=O) groups excluding carboxylic acids is 2. The molecule has 1 aromatic rings. The minimum absolute atomic E-state index is 0.0283. The first-order valence-electron chi connectivity index (χ1n) is 7.32.